The lowest BCUT2D eigenvalue weighted by atomic mass is 10.1. The molecular weight excluding hydrogens is 458 g/mol. The number of anilines is 1. The molecule has 1 saturated heterocycles. The summed E-state index contributed by atoms with van der Waals surface area (Å²) in [6.45, 7) is 8.08. The molecule has 0 bridgehead atoms. The van der Waals surface area contributed by atoms with E-state index in [4.69, 9.17) is 36.0 Å². The number of imidazole rings is 1. The van der Waals surface area contributed by atoms with E-state index in [-0.39, 0.29) is 0 Å². The number of morpholine rings is 1. The zero-order valence-electron chi connectivity index (χ0n) is 18.7. The van der Waals surface area contributed by atoms with Crippen LogP contribution in [0, 0.1) is 5.92 Å². The molecule has 9 heteroatoms. The normalized spacial score (nSPS) is 14.4. The minimum atomic E-state index is 0.449. The number of halogens is 1. The Kier molecular flexibility index (Phi) is 6.48. The first-order chi connectivity index (χ1) is 16.0. The van der Waals surface area contributed by atoms with Gasteiger partial charge in [0, 0.05) is 35.5 Å². The van der Waals surface area contributed by atoms with Gasteiger partial charge in [0.15, 0.2) is 11.5 Å². The van der Waals surface area contributed by atoms with Crippen LogP contribution in [0.2, 0.25) is 5.02 Å². The van der Waals surface area contributed by atoms with Crippen LogP contribution in [0.3, 0.4) is 0 Å². The maximum absolute atomic E-state index is 6.26. The Morgan fingerprint density at radius 3 is 2.82 bits per heavy atom. The molecule has 1 fully saturated rings. The number of hydrogen-bond donors (Lipinski definition) is 1. The topological polar surface area (TPSA) is 76.2 Å². The van der Waals surface area contributed by atoms with Crippen molar-refractivity contribution < 1.29 is 9.47 Å². The highest BCUT2D eigenvalue weighted by Crippen LogP contribution is 2.29. The number of nitrogens with one attached hydrogen (secondary N) is 1. The van der Waals surface area contributed by atoms with Crippen LogP contribution < -0.4 is 9.64 Å². The average molecular weight is 484 g/mol. The molecule has 0 saturated carbocycles. The number of fused-ring (bicyclic) bond motifs is 1. The predicted octanol–water partition coefficient (Wildman–Crippen LogP) is 5.20. The Bertz CT molecular complexity index is 1250. The van der Waals surface area contributed by atoms with Crippen molar-refractivity contribution in [2.45, 2.75) is 20.3 Å². The molecule has 0 amide bonds. The summed E-state index contributed by atoms with van der Waals surface area (Å²) in [7, 11) is 0. The lowest BCUT2D eigenvalue weighted by molar-refractivity contribution is 0.122. The molecular formula is C24H26ClN5O2S. The summed E-state index contributed by atoms with van der Waals surface area (Å²) < 4.78 is 11.4. The Hall–Kier alpha value is -2.68. The van der Waals surface area contributed by atoms with Gasteiger partial charge in [-0.05, 0) is 36.2 Å². The Balaban J connectivity index is 1.36. The molecule has 1 aliphatic heterocycles. The van der Waals surface area contributed by atoms with Crippen molar-refractivity contribution in [3.05, 3.63) is 51.3 Å². The number of thiazole rings is 1. The van der Waals surface area contributed by atoms with Crippen LogP contribution in [0.5, 0.6) is 5.75 Å². The van der Waals surface area contributed by atoms with Gasteiger partial charge < -0.3 is 19.4 Å². The van der Waals surface area contributed by atoms with Gasteiger partial charge in [0.25, 0.3) is 0 Å². The van der Waals surface area contributed by atoms with E-state index >= 15 is 0 Å². The molecule has 3 aromatic heterocycles. The molecule has 0 atom stereocenters. The molecule has 33 heavy (non-hydrogen) atoms. The smallest absolute Gasteiger partial charge is 0.160 e. The van der Waals surface area contributed by atoms with Gasteiger partial charge in [0.05, 0.1) is 24.8 Å². The molecule has 4 aromatic rings. The fourth-order valence-electron chi connectivity index (χ4n) is 3.72. The molecule has 172 valence electrons. The van der Waals surface area contributed by atoms with Crippen molar-refractivity contribution in [3.8, 4) is 17.3 Å². The van der Waals surface area contributed by atoms with Crippen LogP contribution in [0.4, 0.5) is 5.82 Å². The number of ether oxygens (including phenoxy) is 2. The summed E-state index contributed by atoms with van der Waals surface area (Å²) in [5, 5.41) is 3.69. The Morgan fingerprint density at radius 1 is 1.15 bits per heavy atom. The number of aromatic nitrogens is 4. The van der Waals surface area contributed by atoms with Gasteiger partial charge in [-0.15, -0.1) is 11.3 Å². The zero-order valence-corrected chi connectivity index (χ0v) is 20.2. The number of rotatable bonds is 7. The summed E-state index contributed by atoms with van der Waals surface area (Å²) in [5.74, 6) is 2.97. The van der Waals surface area contributed by atoms with E-state index in [9.17, 15) is 0 Å². The number of hydrogen-bond acceptors (Lipinski definition) is 7. The largest absolute Gasteiger partial charge is 0.493 e. The zero-order chi connectivity index (χ0) is 22.8. The van der Waals surface area contributed by atoms with Crippen LogP contribution >= 0.6 is 22.9 Å². The van der Waals surface area contributed by atoms with Gasteiger partial charge in [-0.25, -0.2) is 15.0 Å². The van der Waals surface area contributed by atoms with Gasteiger partial charge in [-0.1, -0.05) is 25.4 Å². The monoisotopic (exact) mass is 483 g/mol. The highest BCUT2D eigenvalue weighted by Gasteiger charge is 2.16. The first-order valence-corrected chi connectivity index (χ1v) is 12.4. The van der Waals surface area contributed by atoms with E-state index in [1.807, 2.05) is 35.7 Å². The van der Waals surface area contributed by atoms with Gasteiger partial charge in [0.1, 0.15) is 22.8 Å². The second-order valence-electron chi connectivity index (χ2n) is 8.48. The van der Waals surface area contributed by atoms with Gasteiger partial charge in [0.2, 0.25) is 0 Å². The summed E-state index contributed by atoms with van der Waals surface area (Å²) in [5.41, 5.74) is 3.44. The quantitative estimate of drug-likeness (QED) is 0.389. The van der Waals surface area contributed by atoms with E-state index in [0.29, 0.717) is 24.0 Å². The van der Waals surface area contributed by atoms with Crippen molar-refractivity contribution in [2.75, 3.05) is 37.8 Å². The molecule has 1 N–H and O–H groups in total. The number of benzene rings is 1. The molecule has 0 aliphatic carbocycles. The van der Waals surface area contributed by atoms with Crippen molar-refractivity contribution >= 4 is 39.9 Å². The second-order valence-corrected chi connectivity index (χ2v) is 9.86. The van der Waals surface area contributed by atoms with E-state index in [1.165, 1.54) is 0 Å². The Labute approximate surface area is 201 Å². The minimum absolute atomic E-state index is 0.449. The third-order valence-corrected chi connectivity index (χ3v) is 6.48. The summed E-state index contributed by atoms with van der Waals surface area (Å²) in [4.78, 5) is 19.9. The van der Waals surface area contributed by atoms with Gasteiger partial charge >= 0.3 is 0 Å². The summed E-state index contributed by atoms with van der Waals surface area (Å²) >= 11 is 7.86. The SMILES string of the molecule is CC(C)COc1ccc(Cl)cc1Cc1nc(-c2nc3ccc(N4CCOCC4)nc3[nH]2)cs1. The van der Waals surface area contributed by atoms with Crippen LogP contribution in [0.25, 0.3) is 22.7 Å². The molecule has 0 unspecified atom stereocenters. The third kappa shape index (κ3) is 5.13. The summed E-state index contributed by atoms with van der Waals surface area (Å²) in [6, 6.07) is 9.77. The van der Waals surface area contributed by atoms with Crippen LogP contribution in [0.1, 0.15) is 24.4 Å². The van der Waals surface area contributed by atoms with E-state index in [1.54, 1.807) is 11.3 Å². The van der Waals surface area contributed by atoms with Crippen LogP contribution in [-0.4, -0.2) is 52.8 Å². The van der Waals surface area contributed by atoms with E-state index in [0.717, 1.165) is 71.1 Å². The molecule has 5 rings (SSSR count). The number of nitrogens with zero attached hydrogens (tertiary/aromatic N) is 4. The summed E-state index contributed by atoms with van der Waals surface area (Å²) in [6.07, 6.45) is 0.651. The minimum Gasteiger partial charge on any atom is -0.493 e. The molecule has 4 heterocycles. The van der Waals surface area contributed by atoms with Crippen molar-refractivity contribution in [2.24, 2.45) is 5.92 Å². The number of H-pyrrole nitrogens is 1. The molecule has 0 radical (unpaired) electrons. The maximum atomic E-state index is 6.26. The lowest BCUT2D eigenvalue weighted by Crippen LogP contribution is -2.36. The van der Waals surface area contributed by atoms with Gasteiger partial charge in [-0.2, -0.15) is 0 Å². The fraction of sp³-hybridized carbons (Fsp3) is 0.375. The first kappa shape index (κ1) is 22.1. The average Bonchev–Trinajstić information content (AvgIpc) is 3.45. The Morgan fingerprint density at radius 2 is 2.00 bits per heavy atom. The predicted molar refractivity (Wildman–Crippen MR) is 133 cm³/mol. The standard InChI is InChI=1S/C24H26ClN5O2S/c1-15(2)13-32-20-5-3-17(25)11-16(20)12-22-26-19(14-33-22)24-27-18-4-6-21(28-23(18)29-24)30-7-9-31-10-8-30/h3-6,11,14-15H,7-10,12-13H2,1-2H3,(H,27,28,29). The van der Waals surface area contributed by atoms with Crippen molar-refractivity contribution in [1.82, 2.24) is 19.9 Å². The number of pyridine rings is 1. The lowest BCUT2D eigenvalue weighted by Gasteiger charge is -2.27. The molecule has 1 aromatic carbocycles. The van der Waals surface area contributed by atoms with E-state index < -0.39 is 0 Å². The van der Waals surface area contributed by atoms with Crippen LogP contribution in [-0.2, 0) is 11.2 Å². The van der Waals surface area contributed by atoms with Crippen molar-refractivity contribution in [3.63, 3.8) is 0 Å². The molecule has 0 spiro atoms. The van der Waals surface area contributed by atoms with Crippen molar-refractivity contribution in [1.29, 1.82) is 0 Å². The van der Waals surface area contributed by atoms with Crippen LogP contribution in [0.15, 0.2) is 35.7 Å². The molecule has 1 aliphatic rings. The fourth-order valence-corrected chi connectivity index (χ4v) is 4.72. The highest BCUT2D eigenvalue weighted by atomic mass is 35.5. The maximum Gasteiger partial charge on any atom is 0.160 e. The third-order valence-electron chi connectivity index (χ3n) is 5.39. The van der Waals surface area contributed by atoms with E-state index in [2.05, 4.69) is 23.7 Å². The first-order valence-electron chi connectivity index (χ1n) is 11.1. The number of aromatic amines is 1. The second kappa shape index (κ2) is 9.67. The van der Waals surface area contributed by atoms with Gasteiger partial charge in [-0.3, -0.25) is 0 Å². The highest BCUT2D eigenvalue weighted by molar-refractivity contribution is 7.10. The molecule has 7 nitrogen and oxygen atoms in total.